The van der Waals surface area contributed by atoms with E-state index in [2.05, 4.69) is 18.8 Å². The summed E-state index contributed by atoms with van der Waals surface area (Å²) >= 11 is 0. The highest BCUT2D eigenvalue weighted by Gasteiger charge is 2.31. The third-order valence-corrected chi connectivity index (χ3v) is 3.83. The third kappa shape index (κ3) is 1.79. The number of hydrogen-bond acceptors (Lipinski definition) is 3. The molecule has 1 unspecified atom stereocenters. The molecule has 0 saturated heterocycles. The minimum absolute atomic E-state index is 0.196. The van der Waals surface area contributed by atoms with Crippen molar-refractivity contribution in [3.8, 4) is 0 Å². The summed E-state index contributed by atoms with van der Waals surface area (Å²) in [5.41, 5.74) is 3.96. The molecule has 3 heteroatoms. The molecule has 0 radical (unpaired) electrons. The molecule has 3 rings (SSSR count). The summed E-state index contributed by atoms with van der Waals surface area (Å²) in [4.78, 5) is 16.5. The molecule has 0 N–H and O–H groups in total. The van der Waals surface area contributed by atoms with E-state index < -0.39 is 0 Å². The Kier molecular flexibility index (Phi) is 2.78. The fourth-order valence-corrected chi connectivity index (χ4v) is 2.72. The Morgan fingerprint density at radius 3 is 3.06 bits per heavy atom. The fraction of sp³-hybridized carbons (Fsp3) is 0.467. The number of nitrogens with zero attached hydrogens (tertiary/aromatic N) is 1. The summed E-state index contributed by atoms with van der Waals surface area (Å²) in [6.45, 7) is 4.91. The molecule has 1 aromatic rings. The number of ketones is 1. The maximum Gasteiger partial charge on any atom is 0.169 e. The molecule has 2 heterocycles. The van der Waals surface area contributed by atoms with E-state index in [4.69, 9.17) is 4.74 Å². The summed E-state index contributed by atoms with van der Waals surface area (Å²) in [5.74, 6) is 0.681. The van der Waals surface area contributed by atoms with Crippen LogP contribution in [0.5, 0.6) is 0 Å². The molecule has 0 bridgehead atoms. The van der Waals surface area contributed by atoms with Crippen molar-refractivity contribution in [2.75, 3.05) is 6.61 Å². The van der Waals surface area contributed by atoms with E-state index in [9.17, 15) is 4.79 Å². The minimum atomic E-state index is 0.196. The van der Waals surface area contributed by atoms with Gasteiger partial charge in [-0.15, -0.1) is 0 Å². The topological polar surface area (TPSA) is 39.2 Å². The molecule has 1 aromatic heterocycles. The van der Waals surface area contributed by atoms with E-state index in [1.54, 1.807) is 6.20 Å². The highest BCUT2D eigenvalue weighted by molar-refractivity contribution is 6.05. The van der Waals surface area contributed by atoms with Crippen LogP contribution in [-0.4, -0.2) is 23.5 Å². The smallest absolute Gasteiger partial charge is 0.169 e. The van der Waals surface area contributed by atoms with Crippen LogP contribution in [0.15, 0.2) is 23.9 Å². The zero-order valence-electron chi connectivity index (χ0n) is 10.8. The highest BCUT2D eigenvalue weighted by Crippen LogP contribution is 2.37. The third-order valence-electron chi connectivity index (χ3n) is 3.83. The number of pyridine rings is 1. The van der Waals surface area contributed by atoms with Gasteiger partial charge in [-0.05, 0) is 24.5 Å². The Morgan fingerprint density at radius 2 is 2.28 bits per heavy atom. The maximum absolute atomic E-state index is 12.1. The quantitative estimate of drug-likeness (QED) is 0.761. The van der Waals surface area contributed by atoms with E-state index in [1.807, 2.05) is 12.1 Å². The molecule has 0 spiro atoms. The molecular formula is C15H17NO2. The number of hydrogen-bond donors (Lipinski definition) is 0. The predicted molar refractivity (Wildman–Crippen MR) is 69.3 cm³/mol. The van der Waals surface area contributed by atoms with Gasteiger partial charge < -0.3 is 4.74 Å². The number of ether oxygens (including phenoxy) is 1. The molecule has 0 amide bonds. The van der Waals surface area contributed by atoms with Crippen molar-refractivity contribution < 1.29 is 9.53 Å². The number of carbonyl (C=O) groups is 1. The SMILES string of the molecule is CC(C)C1CC2=C(CO1)c1ncccc1C(=O)C2. The van der Waals surface area contributed by atoms with E-state index in [-0.39, 0.29) is 11.9 Å². The van der Waals surface area contributed by atoms with Gasteiger partial charge in [-0.25, -0.2) is 0 Å². The summed E-state index contributed by atoms with van der Waals surface area (Å²) in [5, 5.41) is 0. The molecule has 0 aromatic carbocycles. The van der Waals surface area contributed by atoms with Gasteiger partial charge >= 0.3 is 0 Å². The van der Waals surface area contributed by atoms with Gasteiger partial charge in [0.25, 0.3) is 0 Å². The lowest BCUT2D eigenvalue weighted by atomic mass is 9.82. The van der Waals surface area contributed by atoms with Crippen LogP contribution in [-0.2, 0) is 4.74 Å². The van der Waals surface area contributed by atoms with E-state index >= 15 is 0 Å². The van der Waals surface area contributed by atoms with Crippen molar-refractivity contribution in [2.45, 2.75) is 32.8 Å². The monoisotopic (exact) mass is 243 g/mol. The van der Waals surface area contributed by atoms with Crippen LogP contribution in [0.2, 0.25) is 0 Å². The maximum atomic E-state index is 12.1. The van der Waals surface area contributed by atoms with Crippen LogP contribution in [0, 0.1) is 5.92 Å². The lowest BCUT2D eigenvalue weighted by molar-refractivity contribution is 0.0348. The van der Waals surface area contributed by atoms with Crippen LogP contribution in [0.3, 0.4) is 0 Å². The average Bonchev–Trinajstić information content (AvgIpc) is 2.38. The molecule has 2 aliphatic rings. The largest absolute Gasteiger partial charge is 0.373 e. The predicted octanol–water partition coefficient (Wildman–Crippen LogP) is 2.87. The zero-order chi connectivity index (χ0) is 12.7. The van der Waals surface area contributed by atoms with Gasteiger partial charge in [0.1, 0.15) is 0 Å². The van der Waals surface area contributed by atoms with Gasteiger partial charge in [-0.2, -0.15) is 0 Å². The second-order valence-corrected chi connectivity index (χ2v) is 5.38. The van der Waals surface area contributed by atoms with Crippen LogP contribution in [0.1, 0.15) is 42.7 Å². The first-order valence-electron chi connectivity index (χ1n) is 6.48. The Bertz CT molecular complexity index is 531. The number of fused-ring (bicyclic) bond motifs is 2. The normalized spacial score (nSPS) is 23.1. The highest BCUT2D eigenvalue weighted by atomic mass is 16.5. The van der Waals surface area contributed by atoms with Gasteiger partial charge in [0.15, 0.2) is 5.78 Å². The number of rotatable bonds is 1. The van der Waals surface area contributed by atoms with Crippen molar-refractivity contribution in [3.05, 3.63) is 35.2 Å². The molecule has 94 valence electrons. The zero-order valence-corrected chi connectivity index (χ0v) is 10.8. The van der Waals surface area contributed by atoms with Crippen LogP contribution >= 0.6 is 0 Å². The van der Waals surface area contributed by atoms with Crippen LogP contribution < -0.4 is 0 Å². The molecule has 1 aliphatic carbocycles. The molecule has 0 fully saturated rings. The molecule has 0 saturated carbocycles. The van der Waals surface area contributed by atoms with Gasteiger partial charge in [0.2, 0.25) is 0 Å². The van der Waals surface area contributed by atoms with Crippen molar-refractivity contribution in [1.29, 1.82) is 0 Å². The second-order valence-electron chi connectivity index (χ2n) is 5.38. The van der Waals surface area contributed by atoms with Gasteiger partial charge in [-0.3, -0.25) is 9.78 Å². The number of aromatic nitrogens is 1. The van der Waals surface area contributed by atoms with Gasteiger partial charge in [-0.1, -0.05) is 19.4 Å². The minimum Gasteiger partial charge on any atom is -0.373 e. The van der Waals surface area contributed by atoms with Gasteiger partial charge in [0.05, 0.1) is 18.4 Å². The lowest BCUT2D eigenvalue weighted by Crippen LogP contribution is -2.29. The Balaban J connectivity index is 2.02. The fourth-order valence-electron chi connectivity index (χ4n) is 2.72. The average molecular weight is 243 g/mol. The van der Waals surface area contributed by atoms with Crippen LogP contribution in [0.25, 0.3) is 5.57 Å². The van der Waals surface area contributed by atoms with Crippen molar-refractivity contribution >= 4 is 11.4 Å². The van der Waals surface area contributed by atoms with E-state index in [1.165, 1.54) is 5.57 Å². The summed E-state index contributed by atoms with van der Waals surface area (Å²) in [7, 11) is 0. The molecular weight excluding hydrogens is 226 g/mol. The summed E-state index contributed by atoms with van der Waals surface area (Å²) in [6.07, 6.45) is 3.40. The van der Waals surface area contributed by atoms with E-state index in [0.29, 0.717) is 18.9 Å². The van der Waals surface area contributed by atoms with Crippen molar-refractivity contribution in [1.82, 2.24) is 4.98 Å². The molecule has 3 nitrogen and oxygen atoms in total. The Morgan fingerprint density at radius 1 is 1.44 bits per heavy atom. The first-order chi connectivity index (χ1) is 8.66. The standard InChI is InChI=1S/C15H17NO2/c1-9(2)14-7-10-6-13(17)11-4-3-5-16-15(11)12(10)8-18-14/h3-5,9,14H,6-8H2,1-2H3. The second kappa shape index (κ2) is 4.32. The molecule has 18 heavy (non-hydrogen) atoms. The van der Waals surface area contributed by atoms with Crippen LogP contribution in [0.4, 0.5) is 0 Å². The lowest BCUT2D eigenvalue weighted by Gasteiger charge is -2.32. The Labute approximate surface area is 107 Å². The van der Waals surface area contributed by atoms with E-state index in [0.717, 1.165) is 23.3 Å². The summed E-state index contributed by atoms with van der Waals surface area (Å²) < 4.78 is 5.89. The molecule has 1 aliphatic heterocycles. The van der Waals surface area contributed by atoms with Gasteiger partial charge in [0, 0.05) is 23.8 Å². The van der Waals surface area contributed by atoms with Crippen molar-refractivity contribution in [3.63, 3.8) is 0 Å². The first kappa shape index (κ1) is 11.6. The summed E-state index contributed by atoms with van der Waals surface area (Å²) in [6, 6.07) is 3.69. The Hall–Kier alpha value is -1.48. The first-order valence-corrected chi connectivity index (χ1v) is 6.48. The van der Waals surface area contributed by atoms with Crippen molar-refractivity contribution in [2.24, 2.45) is 5.92 Å². The number of carbonyl (C=O) groups excluding carboxylic acids is 1. The number of Topliss-reactive ketones (excluding diaryl/α,β-unsaturated/α-hetero) is 1. The molecule has 1 atom stereocenters.